The topological polar surface area (TPSA) is 77.8 Å². The van der Waals surface area contributed by atoms with Gasteiger partial charge in [-0.15, -0.1) is 0 Å². The molecule has 0 spiro atoms. The molecule has 0 unspecified atom stereocenters. The second-order valence-electron chi connectivity index (χ2n) is 0.513. The van der Waals surface area contributed by atoms with Crippen LogP contribution in [0, 0.1) is 0 Å². The van der Waals surface area contributed by atoms with Crippen molar-refractivity contribution in [2.75, 3.05) is 0 Å². The van der Waals surface area contributed by atoms with Crippen molar-refractivity contribution in [3.8, 4) is 0 Å². The zero-order valence-electron chi connectivity index (χ0n) is 7.10. The van der Waals surface area contributed by atoms with E-state index in [1.807, 2.05) is 0 Å². The van der Waals surface area contributed by atoms with E-state index in [1.165, 1.54) is 0 Å². The van der Waals surface area contributed by atoms with Gasteiger partial charge >= 0.3 is 37.4 Å². The third-order valence-corrected chi connectivity index (χ3v) is 0. The first kappa shape index (κ1) is 106. The van der Waals surface area contributed by atoms with Crippen LogP contribution in [0.3, 0.4) is 0 Å². The molecule has 0 radical (unpaired) electrons. The van der Waals surface area contributed by atoms with E-state index in [0.29, 0.717) is 0 Å². The van der Waals surface area contributed by atoms with Crippen LogP contribution in [0.5, 0.6) is 0 Å². The summed E-state index contributed by atoms with van der Waals surface area (Å²) in [5.74, 6) is 0. The molecular weight excluding hydrogens is 1270 g/mol. The molecule has 0 aromatic heterocycles. The van der Waals surface area contributed by atoms with E-state index in [1.54, 1.807) is 0 Å². The van der Waals surface area contributed by atoms with Gasteiger partial charge in [0, 0.05) is 253 Å². The SMILES string of the molecule is O=P(O)(O)O.[Mo].[Mo].[Mo].[Mo].[Mo].[Mo].[Mo].[Mo].[Mo].[Mo].[Mo].[Mo].[NaH]. The molecule has 0 heterocycles. The van der Waals surface area contributed by atoms with Crippen molar-refractivity contribution in [1.29, 1.82) is 0 Å². The van der Waals surface area contributed by atoms with Crippen molar-refractivity contribution in [3.63, 3.8) is 0 Å². The van der Waals surface area contributed by atoms with Gasteiger partial charge in [0.15, 0.2) is 0 Å². The Morgan fingerprint density at radius 2 is 0.444 bits per heavy atom. The monoisotopic (exact) mass is 1300 g/mol. The van der Waals surface area contributed by atoms with Gasteiger partial charge in [0.1, 0.15) is 0 Å². The zero-order chi connectivity index (χ0) is 4.50. The first-order chi connectivity index (χ1) is 2.00. The van der Waals surface area contributed by atoms with Crippen LogP contribution >= 0.6 is 7.82 Å². The van der Waals surface area contributed by atoms with E-state index in [-0.39, 0.29) is 282 Å². The third-order valence-electron chi connectivity index (χ3n) is 0. The number of hydrogen-bond acceptors (Lipinski definition) is 1. The summed E-state index contributed by atoms with van der Waals surface area (Å²) in [4.78, 5) is 21.6. The maximum absolute atomic E-state index is 8.88. The number of rotatable bonds is 0. The van der Waals surface area contributed by atoms with Crippen LogP contribution in [-0.2, 0) is 257 Å². The van der Waals surface area contributed by atoms with Crippen molar-refractivity contribution in [2.45, 2.75) is 0 Å². The van der Waals surface area contributed by atoms with E-state index in [4.69, 9.17) is 19.2 Å². The molecule has 0 saturated carbocycles. The van der Waals surface area contributed by atoms with Gasteiger partial charge in [-0.05, 0) is 0 Å². The van der Waals surface area contributed by atoms with Gasteiger partial charge in [-0.3, -0.25) is 0 Å². The van der Waals surface area contributed by atoms with Crippen molar-refractivity contribution < 1.29 is 272 Å². The Balaban J connectivity index is -0.00000000103. The summed E-state index contributed by atoms with van der Waals surface area (Å²) in [6.45, 7) is 0. The Morgan fingerprint density at radius 1 is 0.444 bits per heavy atom. The predicted octanol–water partition coefficient (Wildman–Crippen LogP) is -1.61. The molecule has 106 valence electrons. The van der Waals surface area contributed by atoms with Crippen molar-refractivity contribution >= 4 is 37.4 Å². The zero-order valence-corrected chi connectivity index (χ0v) is 32.1. The third kappa shape index (κ3) is 172. The van der Waals surface area contributed by atoms with E-state index >= 15 is 0 Å². The molecule has 0 saturated heterocycles. The summed E-state index contributed by atoms with van der Waals surface area (Å²) in [6, 6.07) is 0. The quantitative estimate of drug-likeness (QED) is 0.202. The second-order valence-corrected chi connectivity index (χ2v) is 1.54. The van der Waals surface area contributed by atoms with Gasteiger partial charge in [-0.25, -0.2) is 4.57 Å². The fraction of sp³-hybridized carbons (Fsp3) is 0. The van der Waals surface area contributed by atoms with E-state index < -0.39 is 7.82 Å². The van der Waals surface area contributed by atoms with Crippen LogP contribution in [0.15, 0.2) is 0 Å². The van der Waals surface area contributed by atoms with E-state index in [2.05, 4.69) is 0 Å². The van der Waals surface area contributed by atoms with E-state index in [0.717, 1.165) is 0 Å². The molecule has 0 amide bonds. The van der Waals surface area contributed by atoms with Crippen LogP contribution in [0.4, 0.5) is 0 Å². The van der Waals surface area contributed by atoms with Gasteiger partial charge in [0.05, 0.1) is 0 Å². The predicted molar refractivity (Wildman–Crippen MR) is 21.4 cm³/mol. The summed E-state index contributed by atoms with van der Waals surface area (Å²) >= 11 is 0. The summed E-state index contributed by atoms with van der Waals surface area (Å²) in [5, 5.41) is 0. The molecule has 0 bridgehead atoms. The fourth-order valence-corrected chi connectivity index (χ4v) is 0. The summed E-state index contributed by atoms with van der Waals surface area (Å²) in [5.41, 5.74) is 0. The standard InChI is InChI=1S/12Mo.Na.H3O4P.H/c;;;;;;;;;;;;;1-5(2,3)4;/h;;;;;;;;;;;;;(H3,1,2,3,4);. The van der Waals surface area contributed by atoms with Crippen molar-refractivity contribution in [2.24, 2.45) is 0 Å². The average Bonchev–Trinajstić information content (AvgIpc) is 0.722. The molecule has 18 heteroatoms. The Morgan fingerprint density at radius 3 is 0.444 bits per heavy atom. The minimum atomic E-state index is -4.64. The minimum absolute atomic E-state index is 0. The maximum atomic E-state index is 8.88. The molecule has 0 atom stereocenters. The first-order valence-corrected chi connectivity index (χ1v) is 2.35. The molecule has 0 aliphatic rings. The molecule has 0 aliphatic heterocycles. The van der Waals surface area contributed by atoms with Gasteiger partial charge in [-0.1, -0.05) is 0 Å². The molecule has 0 fully saturated rings. The molecular formula is H4Mo12NaO4P. The summed E-state index contributed by atoms with van der Waals surface area (Å²) in [6.07, 6.45) is 0. The van der Waals surface area contributed by atoms with Gasteiger partial charge in [0.25, 0.3) is 0 Å². The normalized spacial score (nSPS) is 3.28. The molecule has 0 aliphatic carbocycles. The van der Waals surface area contributed by atoms with Crippen LogP contribution in [-0.4, -0.2) is 44.2 Å². The summed E-state index contributed by atoms with van der Waals surface area (Å²) < 4.78 is 8.88. The van der Waals surface area contributed by atoms with Crippen molar-refractivity contribution in [3.05, 3.63) is 0 Å². The van der Waals surface area contributed by atoms with E-state index in [9.17, 15) is 0 Å². The summed E-state index contributed by atoms with van der Waals surface area (Å²) in [7, 11) is -4.64. The van der Waals surface area contributed by atoms with Crippen LogP contribution in [0.25, 0.3) is 0 Å². The van der Waals surface area contributed by atoms with Crippen molar-refractivity contribution in [1.82, 2.24) is 0 Å². The Kier molecular flexibility index (Phi) is 425. The van der Waals surface area contributed by atoms with Crippen LogP contribution in [0.1, 0.15) is 0 Å². The van der Waals surface area contributed by atoms with Crippen LogP contribution in [0.2, 0.25) is 0 Å². The molecule has 3 N–H and O–H groups in total. The fourth-order valence-electron chi connectivity index (χ4n) is 0. The second kappa shape index (κ2) is 71.8. The Labute approximate surface area is 301 Å². The molecule has 18 heavy (non-hydrogen) atoms. The van der Waals surface area contributed by atoms with Gasteiger partial charge < -0.3 is 14.7 Å². The Bertz CT molecular complexity index is 70.2. The average molecular weight is 1270 g/mol. The first-order valence-electron chi connectivity index (χ1n) is 0.783. The number of hydrogen-bond donors (Lipinski definition) is 3. The molecule has 0 aromatic carbocycles. The van der Waals surface area contributed by atoms with Crippen LogP contribution < -0.4 is 0 Å². The molecule has 4 nitrogen and oxygen atoms in total. The Hall–Kier alpha value is 9.37. The van der Waals surface area contributed by atoms with Gasteiger partial charge in [0.2, 0.25) is 0 Å². The van der Waals surface area contributed by atoms with Gasteiger partial charge in [-0.2, -0.15) is 0 Å². The molecule has 0 aromatic rings. The number of phosphoric acid groups is 1. The molecule has 0 rings (SSSR count).